The number of benzene rings is 1. The first-order chi connectivity index (χ1) is 5.41. The summed E-state index contributed by atoms with van der Waals surface area (Å²) in [5, 5.41) is 0. The van der Waals surface area contributed by atoms with Crippen LogP contribution in [0.3, 0.4) is 0 Å². The highest BCUT2D eigenvalue weighted by Gasteiger charge is 2.12. The normalized spacial score (nSPS) is 10.6. The van der Waals surface area contributed by atoms with Crippen LogP contribution in [0.25, 0.3) is 0 Å². The minimum Gasteiger partial charge on any atom is -0.399 e. The van der Waals surface area contributed by atoms with Gasteiger partial charge in [-0.05, 0) is 18.2 Å². The van der Waals surface area contributed by atoms with E-state index in [1.54, 1.807) is 0 Å². The van der Waals surface area contributed by atoms with E-state index in [2.05, 4.69) is 0 Å². The molecule has 0 bridgehead atoms. The Balaban J connectivity index is 0.00000144. The zero-order chi connectivity index (χ0) is 9.35. The zero-order valence-electron chi connectivity index (χ0n) is 6.82. The van der Waals surface area contributed by atoms with E-state index in [1.165, 1.54) is 6.07 Å². The third-order valence-electron chi connectivity index (χ3n) is 1.36. The molecule has 0 aliphatic heterocycles. The van der Waals surface area contributed by atoms with Crippen LogP contribution in [0.5, 0.6) is 0 Å². The minimum atomic E-state index is -3.48. The number of nitrogen functional groups attached to an aromatic ring is 1. The van der Waals surface area contributed by atoms with Crippen molar-refractivity contribution in [2.45, 2.75) is 4.90 Å². The van der Waals surface area contributed by atoms with Crippen molar-refractivity contribution in [2.75, 3.05) is 12.0 Å². The lowest BCUT2D eigenvalue weighted by Crippen LogP contribution is -2.01. The van der Waals surface area contributed by atoms with Crippen LogP contribution < -0.4 is 5.73 Å². The van der Waals surface area contributed by atoms with Gasteiger partial charge in [0.1, 0.15) is 10.7 Å². The predicted octanol–water partition coefficient (Wildman–Crippen LogP) is 1.23. The molecular formula is C7H9ClFNO2S. The fourth-order valence-electron chi connectivity index (χ4n) is 0.818. The average molecular weight is 226 g/mol. The summed E-state index contributed by atoms with van der Waals surface area (Å²) in [4.78, 5) is -0.322. The van der Waals surface area contributed by atoms with Crippen LogP contribution in [0.2, 0.25) is 0 Å². The Labute approximate surface area is 82.1 Å². The topological polar surface area (TPSA) is 60.2 Å². The molecule has 2 N–H and O–H groups in total. The molecule has 0 radical (unpaired) electrons. The van der Waals surface area contributed by atoms with Gasteiger partial charge >= 0.3 is 0 Å². The third kappa shape index (κ3) is 2.86. The van der Waals surface area contributed by atoms with Gasteiger partial charge < -0.3 is 5.73 Å². The molecular weight excluding hydrogens is 217 g/mol. The highest BCUT2D eigenvalue weighted by atomic mass is 35.5. The van der Waals surface area contributed by atoms with E-state index >= 15 is 0 Å². The SMILES string of the molecule is CS(=O)(=O)c1ccc(N)cc1F.Cl. The van der Waals surface area contributed by atoms with Crippen LogP contribution >= 0.6 is 12.4 Å². The maximum atomic E-state index is 12.9. The number of nitrogens with two attached hydrogens (primary N) is 1. The monoisotopic (exact) mass is 225 g/mol. The van der Waals surface area contributed by atoms with Gasteiger partial charge in [-0.1, -0.05) is 0 Å². The Morgan fingerprint density at radius 3 is 2.31 bits per heavy atom. The Bertz CT molecular complexity index is 405. The Morgan fingerprint density at radius 1 is 1.38 bits per heavy atom. The maximum absolute atomic E-state index is 12.9. The van der Waals surface area contributed by atoms with E-state index in [9.17, 15) is 12.8 Å². The van der Waals surface area contributed by atoms with Gasteiger partial charge in [0, 0.05) is 11.9 Å². The molecule has 13 heavy (non-hydrogen) atoms. The highest BCUT2D eigenvalue weighted by molar-refractivity contribution is 7.90. The van der Waals surface area contributed by atoms with E-state index in [0.717, 1.165) is 18.4 Å². The molecule has 0 heterocycles. The molecule has 0 aliphatic rings. The summed E-state index contributed by atoms with van der Waals surface area (Å²) in [5.41, 5.74) is 5.44. The summed E-state index contributed by atoms with van der Waals surface area (Å²) in [6, 6.07) is 3.48. The number of rotatable bonds is 1. The van der Waals surface area contributed by atoms with Crippen LogP contribution in [0.4, 0.5) is 10.1 Å². The predicted molar refractivity (Wildman–Crippen MR) is 51.2 cm³/mol. The number of hydrogen-bond donors (Lipinski definition) is 1. The van der Waals surface area contributed by atoms with E-state index in [4.69, 9.17) is 5.73 Å². The van der Waals surface area contributed by atoms with Gasteiger partial charge in [0.05, 0.1) is 0 Å². The lowest BCUT2D eigenvalue weighted by molar-refractivity contribution is 0.571. The van der Waals surface area contributed by atoms with E-state index < -0.39 is 15.7 Å². The van der Waals surface area contributed by atoms with Crippen LogP contribution in [0.1, 0.15) is 0 Å². The van der Waals surface area contributed by atoms with Gasteiger partial charge in [-0.25, -0.2) is 12.8 Å². The van der Waals surface area contributed by atoms with Gasteiger partial charge in [-0.3, -0.25) is 0 Å². The molecule has 0 saturated heterocycles. The second-order valence-corrected chi connectivity index (χ2v) is 4.45. The first-order valence-electron chi connectivity index (χ1n) is 3.16. The van der Waals surface area contributed by atoms with Gasteiger partial charge in [0.15, 0.2) is 9.84 Å². The summed E-state index contributed by atoms with van der Waals surface area (Å²) >= 11 is 0. The number of halogens is 2. The minimum absolute atomic E-state index is 0. The third-order valence-corrected chi connectivity index (χ3v) is 2.49. The molecule has 0 amide bonds. The molecule has 1 rings (SSSR count). The number of hydrogen-bond acceptors (Lipinski definition) is 3. The fraction of sp³-hybridized carbons (Fsp3) is 0.143. The van der Waals surface area contributed by atoms with Crippen molar-refractivity contribution in [3.8, 4) is 0 Å². The van der Waals surface area contributed by atoms with Crippen LogP contribution in [-0.4, -0.2) is 14.7 Å². The van der Waals surface area contributed by atoms with Crippen LogP contribution in [0.15, 0.2) is 23.1 Å². The van der Waals surface area contributed by atoms with Crippen LogP contribution in [-0.2, 0) is 9.84 Å². The molecule has 0 aromatic heterocycles. The summed E-state index contributed by atoms with van der Waals surface area (Å²) < 4.78 is 34.7. The first kappa shape index (κ1) is 12.2. The van der Waals surface area contributed by atoms with Crippen LogP contribution in [0, 0.1) is 5.82 Å². The Kier molecular flexibility index (Phi) is 3.69. The zero-order valence-corrected chi connectivity index (χ0v) is 8.45. The van der Waals surface area contributed by atoms with Crippen molar-refractivity contribution in [3.05, 3.63) is 24.0 Å². The Hall–Kier alpha value is -0.810. The van der Waals surface area contributed by atoms with Gasteiger partial charge in [0.25, 0.3) is 0 Å². The molecule has 0 saturated carbocycles. The lowest BCUT2D eigenvalue weighted by Gasteiger charge is -2.00. The summed E-state index contributed by atoms with van der Waals surface area (Å²) in [6.45, 7) is 0. The summed E-state index contributed by atoms with van der Waals surface area (Å²) in [6.07, 6.45) is 0.946. The molecule has 1 aromatic rings. The number of sulfone groups is 1. The molecule has 3 nitrogen and oxygen atoms in total. The molecule has 0 atom stereocenters. The van der Waals surface area contributed by atoms with Gasteiger partial charge in [0.2, 0.25) is 0 Å². The second-order valence-electron chi connectivity index (χ2n) is 2.46. The van der Waals surface area contributed by atoms with Gasteiger partial charge in [-0.15, -0.1) is 12.4 Å². The standard InChI is InChI=1S/C7H8FNO2S.ClH/c1-12(10,11)7-3-2-5(9)4-6(7)8;/h2-4H,9H2,1H3;1H. The fourth-order valence-corrected chi connectivity index (χ4v) is 1.55. The molecule has 1 aromatic carbocycles. The molecule has 74 valence electrons. The molecule has 6 heteroatoms. The largest absolute Gasteiger partial charge is 0.399 e. The van der Waals surface area contributed by atoms with Crippen molar-refractivity contribution in [2.24, 2.45) is 0 Å². The average Bonchev–Trinajstić information content (AvgIpc) is 1.83. The second kappa shape index (κ2) is 3.93. The Morgan fingerprint density at radius 2 is 1.92 bits per heavy atom. The molecule has 0 fully saturated rings. The summed E-state index contributed by atoms with van der Waals surface area (Å²) in [5.74, 6) is -0.808. The quantitative estimate of drug-likeness (QED) is 0.732. The van der Waals surface area contributed by atoms with Gasteiger partial charge in [-0.2, -0.15) is 0 Å². The lowest BCUT2D eigenvalue weighted by atomic mass is 10.3. The smallest absolute Gasteiger partial charge is 0.178 e. The van der Waals surface area contributed by atoms with Crippen molar-refractivity contribution < 1.29 is 12.8 Å². The van der Waals surface area contributed by atoms with E-state index in [0.29, 0.717) is 0 Å². The number of anilines is 1. The highest BCUT2D eigenvalue weighted by Crippen LogP contribution is 2.16. The molecule has 0 spiro atoms. The summed E-state index contributed by atoms with van der Waals surface area (Å²) in [7, 11) is -3.48. The van der Waals surface area contributed by atoms with Crippen molar-refractivity contribution in [1.82, 2.24) is 0 Å². The van der Waals surface area contributed by atoms with Crippen molar-refractivity contribution >= 4 is 27.9 Å². The van der Waals surface area contributed by atoms with Crippen molar-refractivity contribution in [1.29, 1.82) is 0 Å². The first-order valence-corrected chi connectivity index (χ1v) is 5.05. The maximum Gasteiger partial charge on any atom is 0.178 e. The van der Waals surface area contributed by atoms with E-state index in [1.807, 2.05) is 0 Å². The molecule has 0 unspecified atom stereocenters. The van der Waals surface area contributed by atoms with E-state index in [-0.39, 0.29) is 23.0 Å². The molecule has 0 aliphatic carbocycles. The van der Waals surface area contributed by atoms with Crippen molar-refractivity contribution in [3.63, 3.8) is 0 Å².